The Morgan fingerprint density at radius 1 is 1.50 bits per heavy atom. The van der Waals surface area contributed by atoms with Gasteiger partial charge in [0.05, 0.1) is 0 Å². The summed E-state index contributed by atoms with van der Waals surface area (Å²) in [5, 5.41) is 3.23. The van der Waals surface area contributed by atoms with Crippen molar-refractivity contribution in [3.8, 4) is 0 Å². The lowest BCUT2D eigenvalue weighted by molar-refractivity contribution is -0.473. The average Bonchev–Trinajstić information content (AvgIpc) is 2.33. The summed E-state index contributed by atoms with van der Waals surface area (Å²) in [6.45, 7) is 0. The smallest absolute Gasteiger partial charge is 0.287 e. The van der Waals surface area contributed by atoms with Gasteiger partial charge in [0.1, 0.15) is 18.1 Å². The van der Waals surface area contributed by atoms with E-state index in [1.165, 1.54) is 5.82 Å². The fraction of sp³-hybridized carbons (Fsp3) is 0.167. The van der Waals surface area contributed by atoms with Crippen LogP contribution in [0.5, 0.6) is 0 Å². The normalized spacial score (nSPS) is 13.2. The quantitative estimate of drug-likeness (QED) is 0.452. The Kier molecular flexibility index (Phi) is 2.40. The maximum absolute atomic E-state index is 3.23. The second-order valence-electron chi connectivity index (χ2n) is 1.86. The molecule has 1 N–H and O–H groups in total. The van der Waals surface area contributed by atoms with Gasteiger partial charge in [-0.2, -0.15) is 3.97 Å². The van der Waals surface area contributed by atoms with Gasteiger partial charge in [0, 0.05) is 6.07 Å². The first-order valence-corrected chi connectivity index (χ1v) is 3.79. The largest absolute Gasteiger partial charge is 1.00 e. The molecule has 0 spiro atoms. The molecule has 2 heterocycles. The summed E-state index contributed by atoms with van der Waals surface area (Å²) < 4.78 is 2.12. The summed E-state index contributed by atoms with van der Waals surface area (Å²) in [7, 11) is 0. The zero-order valence-electron chi connectivity index (χ0n) is 5.25. The molecular weight excluding hydrogens is 168 g/mol. The zero-order valence-corrected chi connectivity index (χ0v) is 6.82. The number of nitrogens with zero attached hydrogens (tertiary/aromatic N) is 1. The van der Waals surface area contributed by atoms with Crippen molar-refractivity contribution in [3.63, 3.8) is 0 Å². The van der Waals surface area contributed by atoms with Crippen molar-refractivity contribution >= 4 is 17.8 Å². The molecule has 0 bridgehead atoms. The van der Waals surface area contributed by atoms with Crippen molar-refractivity contribution in [2.75, 3.05) is 11.2 Å². The predicted molar refractivity (Wildman–Crippen MR) is 38.1 cm³/mol. The highest BCUT2D eigenvalue weighted by Crippen LogP contribution is 2.10. The van der Waals surface area contributed by atoms with Crippen LogP contribution in [-0.4, -0.2) is 5.88 Å². The molecule has 1 aliphatic heterocycles. The van der Waals surface area contributed by atoms with Gasteiger partial charge in [0.15, 0.2) is 5.88 Å². The molecule has 54 valence electrons. The second-order valence-corrected chi connectivity index (χ2v) is 2.80. The van der Waals surface area contributed by atoms with Crippen LogP contribution in [0, 0.1) is 0 Å². The molecule has 0 unspecified atom stereocenters. The van der Waals surface area contributed by atoms with E-state index in [9.17, 15) is 0 Å². The van der Waals surface area contributed by atoms with E-state index in [2.05, 4.69) is 21.6 Å². The lowest BCUT2D eigenvalue weighted by Crippen LogP contribution is -3.00. The summed E-state index contributed by atoms with van der Waals surface area (Å²) in [4.78, 5) is 0. The molecule has 0 fully saturated rings. The Bertz CT molecular complexity index is 206. The number of hydrogen-bond acceptors (Lipinski definition) is 2. The second kappa shape index (κ2) is 3.12. The van der Waals surface area contributed by atoms with Crippen LogP contribution in [0.1, 0.15) is 0 Å². The average molecular weight is 175 g/mol. The topological polar surface area (TPSA) is 15.9 Å². The number of pyridine rings is 1. The highest BCUT2D eigenvalue weighted by atomic mass is 35.5. The van der Waals surface area contributed by atoms with Crippen LogP contribution in [0.15, 0.2) is 24.4 Å². The van der Waals surface area contributed by atoms with E-state index >= 15 is 0 Å². The Morgan fingerprint density at radius 2 is 2.40 bits per heavy atom. The third-order valence-corrected chi connectivity index (χ3v) is 2.15. The molecule has 1 aromatic heterocycles. The number of rotatable bonds is 0. The molecule has 0 amide bonds. The maximum Gasteiger partial charge on any atom is 0.287 e. The van der Waals surface area contributed by atoms with Crippen molar-refractivity contribution in [1.29, 1.82) is 0 Å². The number of aromatic nitrogens is 1. The fourth-order valence-corrected chi connectivity index (χ4v) is 1.63. The molecule has 0 radical (unpaired) electrons. The SMILES string of the molecule is [Cl-].c1cc[n+]2c(c1)NCS2. The van der Waals surface area contributed by atoms with Gasteiger partial charge < -0.3 is 12.4 Å². The first-order chi connectivity index (χ1) is 4.47. The standard InChI is InChI=1S/C6H6N2S.ClH/c1-2-4-8-6(3-1)7-5-9-8;/h1-4H,5H2;1H. The van der Waals surface area contributed by atoms with Crippen molar-refractivity contribution < 1.29 is 16.4 Å². The van der Waals surface area contributed by atoms with E-state index in [4.69, 9.17) is 0 Å². The zero-order chi connectivity index (χ0) is 6.10. The van der Waals surface area contributed by atoms with Crippen LogP contribution in [0.3, 0.4) is 0 Å². The number of hydrogen-bond donors (Lipinski definition) is 1. The van der Waals surface area contributed by atoms with E-state index in [0.29, 0.717) is 0 Å². The first-order valence-electron chi connectivity index (χ1n) is 2.85. The van der Waals surface area contributed by atoms with E-state index < -0.39 is 0 Å². The molecule has 1 aliphatic rings. The third-order valence-electron chi connectivity index (χ3n) is 1.28. The van der Waals surface area contributed by atoms with E-state index in [-0.39, 0.29) is 12.4 Å². The molecule has 4 heteroatoms. The number of nitrogens with one attached hydrogen (secondary N) is 1. The Balaban J connectivity index is 0.000000500. The van der Waals surface area contributed by atoms with Gasteiger partial charge >= 0.3 is 0 Å². The molecule has 0 saturated carbocycles. The minimum absolute atomic E-state index is 0. The van der Waals surface area contributed by atoms with E-state index in [1.807, 2.05) is 12.1 Å². The van der Waals surface area contributed by atoms with Crippen LogP contribution in [0.4, 0.5) is 5.82 Å². The molecular formula is C6H7ClN2S. The molecule has 0 aliphatic carbocycles. The van der Waals surface area contributed by atoms with Crippen LogP contribution < -0.4 is 21.7 Å². The van der Waals surface area contributed by atoms with Gasteiger partial charge in [-0.3, -0.25) is 5.32 Å². The predicted octanol–water partition coefficient (Wildman–Crippen LogP) is -2.14. The van der Waals surface area contributed by atoms with Crippen LogP contribution in [0.2, 0.25) is 0 Å². The Hall–Kier alpha value is -0.410. The molecule has 0 saturated heterocycles. The summed E-state index contributed by atoms with van der Waals surface area (Å²) in [5.41, 5.74) is 0. The molecule has 0 aromatic carbocycles. The Labute approximate surface area is 70.2 Å². The van der Waals surface area contributed by atoms with E-state index in [1.54, 1.807) is 11.9 Å². The number of anilines is 1. The highest BCUT2D eigenvalue weighted by molar-refractivity contribution is 7.93. The first kappa shape index (κ1) is 7.69. The molecule has 10 heavy (non-hydrogen) atoms. The maximum atomic E-state index is 3.23. The van der Waals surface area contributed by atoms with Gasteiger partial charge in [-0.25, -0.2) is 0 Å². The fourth-order valence-electron chi connectivity index (χ4n) is 0.854. The molecule has 0 atom stereocenters. The van der Waals surface area contributed by atoms with Crippen molar-refractivity contribution in [2.24, 2.45) is 0 Å². The van der Waals surface area contributed by atoms with E-state index in [0.717, 1.165) is 5.88 Å². The highest BCUT2D eigenvalue weighted by Gasteiger charge is 2.15. The number of fused-ring (bicyclic) bond motifs is 1. The lowest BCUT2D eigenvalue weighted by atomic mass is 10.5. The molecule has 2 rings (SSSR count). The molecule has 1 aromatic rings. The Morgan fingerprint density at radius 3 is 3.20 bits per heavy atom. The summed E-state index contributed by atoms with van der Waals surface area (Å²) in [6, 6.07) is 6.13. The monoisotopic (exact) mass is 174 g/mol. The van der Waals surface area contributed by atoms with Crippen LogP contribution in [-0.2, 0) is 0 Å². The van der Waals surface area contributed by atoms with Gasteiger partial charge in [0.25, 0.3) is 5.82 Å². The van der Waals surface area contributed by atoms with Crippen LogP contribution in [0.25, 0.3) is 0 Å². The summed E-state index contributed by atoms with van der Waals surface area (Å²) in [5.74, 6) is 2.19. The van der Waals surface area contributed by atoms with Gasteiger partial charge in [-0.05, 0) is 6.07 Å². The number of halogens is 1. The minimum atomic E-state index is 0. The summed E-state index contributed by atoms with van der Waals surface area (Å²) in [6.07, 6.45) is 2.06. The van der Waals surface area contributed by atoms with Gasteiger partial charge in [-0.15, -0.1) is 0 Å². The lowest BCUT2D eigenvalue weighted by Gasteiger charge is -1.86. The molecule has 2 nitrogen and oxygen atoms in total. The van der Waals surface area contributed by atoms with Gasteiger partial charge in [-0.1, -0.05) is 6.07 Å². The minimum Gasteiger partial charge on any atom is -1.00 e. The van der Waals surface area contributed by atoms with Crippen LogP contribution >= 0.6 is 11.9 Å². The van der Waals surface area contributed by atoms with Crippen molar-refractivity contribution in [2.45, 2.75) is 0 Å². The summed E-state index contributed by atoms with van der Waals surface area (Å²) >= 11 is 1.77. The van der Waals surface area contributed by atoms with Gasteiger partial charge in [0.2, 0.25) is 0 Å². The third kappa shape index (κ3) is 1.20. The van der Waals surface area contributed by atoms with Crippen molar-refractivity contribution in [1.82, 2.24) is 0 Å². The van der Waals surface area contributed by atoms with Crippen molar-refractivity contribution in [3.05, 3.63) is 24.4 Å².